The molecule has 0 aliphatic heterocycles. The van der Waals surface area contributed by atoms with Gasteiger partial charge in [-0.3, -0.25) is 19.7 Å². The Balaban J connectivity index is 1.64. The average molecular weight is 392 g/mol. The van der Waals surface area contributed by atoms with Crippen LogP contribution in [0.1, 0.15) is 17.3 Å². The number of nitrogens with one attached hydrogen (secondary N) is 1. The lowest BCUT2D eigenvalue weighted by Crippen LogP contribution is -2.12. The normalized spacial score (nSPS) is 10.1. The number of nitro groups is 1. The molecule has 0 fully saturated rings. The van der Waals surface area contributed by atoms with Crippen molar-refractivity contribution in [2.75, 3.05) is 5.32 Å². The molecule has 0 aromatic heterocycles. The van der Waals surface area contributed by atoms with Gasteiger partial charge in [0.15, 0.2) is 0 Å². The third kappa shape index (κ3) is 5.39. The third-order valence-electron chi connectivity index (χ3n) is 3.75. The molecule has 3 rings (SSSR count). The Bertz CT molecular complexity index is 1050. The van der Waals surface area contributed by atoms with Crippen molar-refractivity contribution in [1.82, 2.24) is 0 Å². The molecular weight excluding hydrogens is 376 g/mol. The van der Waals surface area contributed by atoms with E-state index in [1.54, 1.807) is 48.5 Å². The molecule has 3 aromatic rings. The zero-order valence-electron chi connectivity index (χ0n) is 15.3. The highest BCUT2D eigenvalue weighted by Crippen LogP contribution is 2.24. The molecule has 146 valence electrons. The maximum absolute atomic E-state index is 12.4. The number of nitrogens with zero attached hydrogens (tertiary/aromatic N) is 1. The summed E-state index contributed by atoms with van der Waals surface area (Å²) in [6, 6.07) is 18.6. The van der Waals surface area contributed by atoms with Gasteiger partial charge in [-0.25, -0.2) is 0 Å². The topological polar surface area (TPSA) is 108 Å². The molecule has 0 saturated carbocycles. The Morgan fingerprint density at radius 2 is 1.52 bits per heavy atom. The summed E-state index contributed by atoms with van der Waals surface area (Å²) in [5.74, 6) is 0.466. The highest BCUT2D eigenvalue weighted by atomic mass is 16.6. The molecule has 8 nitrogen and oxygen atoms in total. The van der Waals surface area contributed by atoms with Crippen LogP contribution in [0.2, 0.25) is 0 Å². The second kappa shape index (κ2) is 8.66. The minimum absolute atomic E-state index is 0.0258. The first-order valence-corrected chi connectivity index (χ1v) is 8.53. The predicted octanol–water partition coefficient (Wildman–Crippen LogP) is 4.56. The van der Waals surface area contributed by atoms with E-state index in [1.165, 1.54) is 31.2 Å². The second-order valence-corrected chi connectivity index (χ2v) is 5.95. The van der Waals surface area contributed by atoms with Gasteiger partial charge in [0.05, 0.1) is 4.92 Å². The first kappa shape index (κ1) is 19.6. The first-order chi connectivity index (χ1) is 13.9. The number of amides is 1. The number of hydrogen-bond donors (Lipinski definition) is 1. The van der Waals surface area contributed by atoms with Crippen molar-refractivity contribution in [2.24, 2.45) is 0 Å². The molecule has 0 saturated heterocycles. The van der Waals surface area contributed by atoms with E-state index in [4.69, 9.17) is 9.47 Å². The molecule has 0 bridgehead atoms. The van der Waals surface area contributed by atoms with E-state index in [2.05, 4.69) is 5.32 Å². The van der Waals surface area contributed by atoms with Gasteiger partial charge >= 0.3 is 5.97 Å². The molecule has 8 heteroatoms. The van der Waals surface area contributed by atoms with Crippen LogP contribution in [0.5, 0.6) is 17.2 Å². The van der Waals surface area contributed by atoms with E-state index in [9.17, 15) is 19.7 Å². The van der Waals surface area contributed by atoms with Crippen molar-refractivity contribution in [2.45, 2.75) is 6.92 Å². The standard InChI is InChI=1S/C21H16N2O6/c1-14(24)28-20-4-2-3-16(13-20)22-21(25)15-5-9-18(10-6-15)29-19-11-7-17(8-12-19)23(26)27/h2-13H,1H3,(H,22,25). The van der Waals surface area contributed by atoms with Crippen LogP contribution < -0.4 is 14.8 Å². The van der Waals surface area contributed by atoms with Crippen LogP contribution in [0, 0.1) is 10.1 Å². The molecule has 0 spiro atoms. The summed E-state index contributed by atoms with van der Waals surface area (Å²) in [5, 5.41) is 13.4. The Labute approximate surface area is 165 Å². The summed E-state index contributed by atoms with van der Waals surface area (Å²) in [6.07, 6.45) is 0. The summed E-state index contributed by atoms with van der Waals surface area (Å²) in [7, 11) is 0. The quantitative estimate of drug-likeness (QED) is 0.285. The van der Waals surface area contributed by atoms with Gasteiger partial charge in [0.25, 0.3) is 11.6 Å². The van der Waals surface area contributed by atoms with Crippen molar-refractivity contribution in [3.63, 3.8) is 0 Å². The Hall–Kier alpha value is -4.20. The third-order valence-corrected chi connectivity index (χ3v) is 3.75. The van der Waals surface area contributed by atoms with Gasteiger partial charge < -0.3 is 14.8 Å². The molecule has 0 radical (unpaired) electrons. The van der Waals surface area contributed by atoms with Gasteiger partial charge in [-0.2, -0.15) is 0 Å². The van der Waals surface area contributed by atoms with Crippen LogP contribution in [-0.4, -0.2) is 16.8 Å². The number of hydrogen-bond acceptors (Lipinski definition) is 6. The summed E-state index contributed by atoms with van der Waals surface area (Å²) < 4.78 is 10.6. The lowest BCUT2D eigenvalue weighted by atomic mass is 10.2. The van der Waals surface area contributed by atoms with E-state index in [0.717, 1.165) is 0 Å². The van der Waals surface area contributed by atoms with Crippen LogP contribution in [-0.2, 0) is 4.79 Å². The van der Waals surface area contributed by atoms with E-state index in [1.807, 2.05) is 0 Å². The zero-order chi connectivity index (χ0) is 20.8. The van der Waals surface area contributed by atoms with Gasteiger partial charge in [-0.15, -0.1) is 0 Å². The summed E-state index contributed by atoms with van der Waals surface area (Å²) in [6.45, 7) is 1.30. The summed E-state index contributed by atoms with van der Waals surface area (Å²) in [4.78, 5) is 33.6. The molecular formula is C21H16N2O6. The van der Waals surface area contributed by atoms with Gasteiger partial charge in [0, 0.05) is 36.4 Å². The lowest BCUT2D eigenvalue weighted by molar-refractivity contribution is -0.384. The van der Waals surface area contributed by atoms with E-state index in [-0.39, 0.29) is 11.6 Å². The molecule has 0 aliphatic carbocycles. The van der Waals surface area contributed by atoms with Crippen LogP contribution in [0.15, 0.2) is 72.8 Å². The van der Waals surface area contributed by atoms with Crippen molar-refractivity contribution in [3.05, 3.63) is 88.5 Å². The molecule has 0 heterocycles. The SMILES string of the molecule is CC(=O)Oc1cccc(NC(=O)c2ccc(Oc3ccc([N+](=O)[O-])cc3)cc2)c1. The molecule has 3 aromatic carbocycles. The molecule has 1 amide bonds. The maximum Gasteiger partial charge on any atom is 0.308 e. The van der Waals surface area contributed by atoms with Crippen molar-refractivity contribution in [1.29, 1.82) is 0 Å². The average Bonchev–Trinajstić information content (AvgIpc) is 2.68. The highest BCUT2D eigenvalue weighted by Gasteiger charge is 2.09. The maximum atomic E-state index is 12.4. The predicted molar refractivity (Wildman–Crippen MR) is 105 cm³/mol. The molecule has 0 unspecified atom stereocenters. The van der Waals surface area contributed by atoms with Crippen LogP contribution in [0.4, 0.5) is 11.4 Å². The van der Waals surface area contributed by atoms with E-state index in [0.29, 0.717) is 28.5 Å². The molecule has 29 heavy (non-hydrogen) atoms. The van der Waals surface area contributed by atoms with E-state index >= 15 is 0 Å². The number of esters is 1. The Morgan fingerprint density at radius 1 is 0.897 bits per heavy atom. The van der Waals surface area contributed by atoms with Crippen LogP contribution in [0.3, 0.4) is 0 Å². The number of non-ortho nitro benzene ring substituents is 1. The van der Waals surface area contributed by atoms with Gasteiger partial charge in [-0.05, 0) is 48.5 Å². The van der Waals surface area contributed by atoms with Gasteiger partial charge in [0.1, 0.15) is 17.2 Å². The number of benzene rings is 3. The fourth-order valence-electron chi connectivity index (χ4n) is 2.45. The summed E-state index contributed by atoms with van der Waals surface area (Å²) >= 11 is 0. The van der Waals surface area contributed by atoms with Crippen LogP contribution >= 0.6 is 0 Å². The lowest BCUT2D eigenvalue weighted by Gasteiger charge is -2.09. The number of anilines is 1. The fraction of sp³-hybridized carbons (Fsp3) is 0.0476. The smallest absolute Gasteiger partial charge is 0.308 e. The number of carbonyl (C=O) groups is 2. The first-order valence-electron chi connectivity index (χ1n) is 8.53. The fourth-order valence-corrected chi connectivity index (χ4v) is 2.45. The second-order valence-electron chi connectivity index (χ2n) is 5.95. The largest absolute Gasteiger partial charge is 0.457 e. The number of carbonyl (C=O) groups excluding carboxylic acids is 2. The molecule has 0 aliphatic rings. The Kier molecular flexibility index (Phi) is 5.84. The van der Waals surface area contributed by atoms with Crippen molar-refractivity contribution in [3.8, 4) is 17.2 Å². The monoisotopic (exact) mass is 392 g/mol. The van der Waals surface area contributed by atoms with Gasteiger partial charge in [-0.1, -0.05) is 6.07 Å². The minimum atomic E-state index is -0.487. The van der Waals surface area contributed by atoms with Crippen molar-refractivity contribution >= 4 is 23.3 Å². The molecule has 1 N–H and O–H groups in total. The van der Waals surface area contributed by atoms with Crippen molar-refractivity contribution < 1.29 is 24.0 Å². The Morgan fingerprint density at radius 3 is 2.10 bits per heavy atom. The molecule has 0 atom stereocenters. The summed E-state index contributed by atoms with van der Waals surface area (Å²) in [5.41, 5.74) is 0.862. The number of ether oxygens (including phenoxy) is 2. The number of nitro benzene ring substituents is 1. The zero-order valence-corrected chi connectivity index (χ0v) is 15.3. The highest BCUT2D eigenvalue weighted by molar-refractivity contribution is 6.04. The van der Waals surface area contributed by atoms with Gasteiger partial charge in [0.2, 0.25) is 0 Å². The van der Waals surface area contributed by atoms with Crippen LogP contribution in [0.25, 0.3) is 0 Å². The van der Waals surface area contributed by atoms with E-state index < -0.39 is 10.9 Å². The number of rotatable bonds is 6. The minimum Gasteiger partial charge on any atom is -0.457 e.